The van der Waals surface area contributed by atoms with E-state index in [0.717, 1.165) is 22.4 Å². The first-order valence-electron chi connectivity index (χ1n) is 8.87. The molecule has 0 radical (unpaired) electrons. The average molecular weight is 387 g/mol. The Balaban J connectivity index is 1.67. The third-order valence-electron chi connectivity index (χ3n) is 4.78. The standard InChI is InChI=1S/C22H15ClN4O/c23-14-9-11-15(12-10-14)27-21(26-17-6-2-1-5-16(17)22(27)28)20-13-24-18-7-3-4-8-19(18)25-20/h1-13,21,26H. The van der Waals surface area contributed by atoms with Crippen molar-refractivity contribution in [1.82, 2.24) is 9.97 Å². The fraction of sp³-hybridized carbons (Fsp3) is 0.0455. The maximum atomic E-state index is 13.4. The van der Waals surface area contributed by atoms with Gasteiger partial charge in [-0.25, -0.2) is 4.98 Å². The second-order valence-corrected chi connectivity index (χ2v) is 6.96. The Bertz CT molecular complexity index is 1190. The Morgan fingerprint density at radius 2 is 1.61 bits per heavy atom. The molecule has 1 amide bonds. The molecule has 1 aromatic heterocycles. The van der Waals surface area contributed by atoms with Crippen LogP contribution in [0.5, 0.6) is 0 Å². The minimum absolute atomic E-state index is 0.100. The number of hydrogen-bond donors (Lipinski definition) is 1. The summed E-state index contributed by atoms with van der Waals surface area (Å²) in [6.45, 7) is 0. The molecule has 1 N–H and O–H groups in total. The van der Waals surface area contributed by atoms with E-state index in [2.05, 4.69) is 10.3 Å². The maximum Gasteiger partial charge on any atom is 0.262 e. The zero-order chi connectivity index (χ0) is 19.1. The molecule has 1 aliphatic heterocycles. The van der Waals surface area contributed by atoms with Crippen LogP contribution in [0.15, 0.2) is 79.0 Å². The predicted octanol–water partition coefficient (Wildman–Crippen LogP) is 5.05. The van der Waals surface area contributed by atoms with Crippen molar-refractivity contribution < 1.29 is 4.79 Å². The number of benzene rings is 3. The van der Waals surface area contributed by atoms with Gasteiger partial charge in [-0.2, -0.15) is 0 Å². The average Bonchev–Trinajstić information content (AvgIpc) is 2.74. The van der Waals surface area contributed by atoms with Crippen LogP contribution >= 0.6 is 11.6 Å². The van der Waals surface area contributed by atoms with Crippen molar-refractivity contribution in [1.29, 1.82) is 0 Å². The van der Waals surface area contributed by atoms with Gasteiger partial charge in [0.15, 0.2) is 6.17 Å². The zero-order valence-corrected chi connectivity index (χ0v) is 15.5. The van der Waals surface area contributed by atoms with Gasteiger partial charge in [0, 0.05) is 16.4 Å². The number of carbonyl (C=O) groups excluding carboxylic acids is 1. The van der Waals surface area contributed by atoms with Gasteiger partial charge >= 0.3 is 0 Å². The van der Waals surface area contributed by atoms with Crippen LogP contribution in [0.25, 0.3) is 11.0 Å². The van der Waals surface area contributed by atoms with Gasteiger partial charge in [-0.05, 0) is 48.5 Å². The predicted molar refractivity (Wildman–Crippen MR) is 111 cm³/mol. The molecule has 0 saturated carbocycles. The molecule has 4 aromatic rings. The van der Waals surface area contributed by atoms with Crippen molar-refractivity contribution in [2.75, 3.05) is 10.2 Å². The van der Waals surface area contributed by atoms with E-state index in [1.54, 1.807) is 23.2 Å². The zero-order valence-electron chi connectivity index (χ0n) is 14.7. The van der Waals surface area contributed by atoms with E-state index in [9.17, 15) is 4.79 Å². The Labute approximate surface area is 166 Å². The molecule has 3 aromatic carbocycles. The second kappa shape index (κ2) is 6.62. The number of fused-ring (bicyclic) bond motifs is 2. The van der Waals surface area contributed by atoms with Crippen LogP contribution in [-0.2, 0) is 0 Å². The molecule has 136 valence electrons. The van der Waals surface area contributed by atoms with Crippen molar-refractivity contribution >= 4 is 39.9 Å². The fourth-order valence-electron chi connectivity index (χ4n) is 3.43. The largest absolute Gasteiger partial charge is 0.359 e. The van der Waals surface area contributed by atoms with E-state index in [1.807, 2.05) is 60.7 Å². The highest BCUT2D eigenvalue weighted by Crippen LogP contribution is 2.36. The topological polar surface area (TPSA) is 58.1 Å². The molecule has 0 fully saturated rings. The van der Waals surface area contributed by atoms with Gasteiger partial charge < -0.3 is 5.32 Å². The minimum Gasteiger partial charge on any atom is -0.359 e. The Morgan fingerprint density at radius 1 is 0.893 bits per heavy atom. The van der Waals surface area contributed by atoms with Crippen molar-refractivity contribution in [3.05, 3.63) is 95.3 Å². The van der Waals surface area contributed by atoms with E-state index in [0.29, 0.717) is 16.3 Å². The summed E-state index contributed by atoms with van der Waals surface area (Å²) in [4.78, 5) is 24.3. The van der Waals surface area contributed by atoms with Crippen LogP contribution in [0.1, 0.15) is 22.2 Å². The molecular weight excluding hydrogens is 372 g/mol. The molecule has 6 heteroatoms. The van der Waals surface area contributed by atoms with Gasteiger partial charge in [0.1, 0.15) is 5.69 Å². The number of nitrogens with one attached hydrogen (secondary N) is 1. The van der Waals surface area contributed by atoms with Crippen molar-refractivity contribution in [2.45, 2.75) is 6.17 Å². The third-order valence-corrected chi connectivity index (χ3v) is 5.03. The number of halogens is 1. The molecule has 1 aliphatic rings. The Morgan fingerprint density at radius 3 is 2.43 bits per heavy atom. The highest BCUT2D eigenvalue weighted by Gasteiger charge is 2.35. The molecule has 0 saturated heterocycles. The minimum atomic E-state index is -0.485. The lowest BCUT2D eigenvalue weighted by Gasteiger charge is -2.37. The smallest absolute Gasteiger partial charge is 0.262 e. The van der Waals surface area contributed by atoms with E-state index in [1.165, 1.54) is 0 Å². The lowest BCUT2D eigenvalue weighted by molar-refractivity contribution is 0.0974. The quantitative estimate of drug-likeness (QED) is 0.523. The fourth-order valence-corrected chi connectivity index (χ4v) is 3.56. The number of para-hydroxylation sites is 3. The SMILES string of the molecule is O=C1c2ccccc2NC(c2cnc3ccccc3n2)N1c1ccc(Cl)cc1. The molecule has 5 rings (SSSR count). The van der Waals surface area contributed by atoms with Crippen LogP contribution in [0.4, 0.5) is 11.4 Å². The second-order valence-electron chi connectivity index (χ2n) is 6.53. The summed E-state index contributed by atoms with van der Waals surface area (Å²) in [7, 11) is 0. The van der Waals surface area contributed by atoms with E-state index < -0.39 is 6.17 Å². The molecule has 28 heavy (non-hydrogen) atoms. The van der Waals surface area contributed by atoms with E-state index in [-0.39, 0.29) is 5.91 Å². The van der Waals surface area contributed by atoms with Crippen LogP contribution in [0.3, 0.4) is 0 Å². The number of amides is 1. The summed E-state index contributed by atoms with van der Waals surface area (Å²) >= 11 is 6.05. The first-order valence-corrected chi connectivity index (χ1v) is 9.25. The molecule has 0 aliphatic carbocycles. The molecule has 1 atom stereocenters. The monoisotopic (exact) mass is 386 g/mol. The van der Waals surface area contributed by atoms with Crippen molar-refractivity contribution in [3.8, 4) is 0 Å². The van der Waals surface area contributed by atoms with Crippen LogP contribution < -0.4 is 10.2 Å². The number of anilines is 2. The number of rotatable bonds is 2. The van der Waals surface area contributed by atoms with Crippen LogP contribution in [-0.4, -0.2) is 15.9 Å². The molecule has 1 unspecified atom stereocenters. The molecule has 0 spiro atoms. The maximum absolute atomic E-state index is 13.4. The number of aromatic nitrogens is 2. The van der Waals surface area contributed by atoms with E-state index in [4.69, 9.17) is 16.6 Å². The molecule has 2 heterocycles. The summed E-state index contributed by atoms with van der Waals surface area (Å²) < 4.78 is 0. The highest BCUT2D eigenvalue weighted by atomic mass is 35.5. The van der Waals surface area contributed by atoms with Gasteiger partial charge in [-0.3, -0.25) is 14.7 Å². The number of carbonyl (C=O) groups is 1. The molecule has 0 bridgehead atoms. The van der Waals surface area contributed by atoms with E-state index >= 15 is 0 Å². The number of nitrogens with zero attached hydrogens (tertiary/aromatic N) is 3. The van der Waals surface area contributed by atoms with Gasteiger partial charge in [-0.15, -0.1) is 0 Å². The Kier molecular flexibility index (Phi) is 3.95. The van der Waals surface area contributed by atoms with Crippen molar-refractivity contribution in [3.63, 3.8) is 0 Å². The van der Waals surface area contributed by atoms with Crippen LogP contribution in [0.2, 0.25) is 5.02 Å². The van der Waals surface area contributed by atoms with Crippen molar-refractivity contribution in [2.24, 2.45) is 0 Å². The lowest BCUT2D eigenvalue weighted by atomic mass is 10.1. The summed E-state index contributed by atoms with van der Waals surface area (Å²) in [5.74, 6) is -0.100. The number of hydrogen-bond acceptors (Lipinski definition) is 4. The van der Waals surface area contributed by atoms with Gasteiger partial charge in [0.25, 0.3) is 5.91 Å². The molecule has 5 nitrogen and oxygen atoms in total. The normalized spacial score (nSPS) is 16.0. The van der Waals surface area contributed by atoms with Crippen LogP contribution in [0, 0.1) is 0 Å². The summed E-state index contributed by atoms with van der Waals surface area (Å²) in [5.41, 5.74) is 4.38. The summed E-state index contributed by atoms with van der Waals surface area (Å²) in [6.07, 6.45) is 1.23. The van der Waals surface area contributed by atoms with Gasteiger partial charge in [-0.1, -0.05) is 35.9 Å². The molecular formula is C22H15ClN4O. The third kappa shape index (κ3) is 2.77. The Hall–Kier alpha value is -3.44. The highest BCUT2D eigenvalue weighted by molar-refractivity contribution is 6.30. The first-order chi connectivity index (χ1) is 13.7. The first kappa shape index (κ1) is 16.7. The lowest BCUT2D eigenvalue weighted by Crippen LogP contribution is -2.43. The summed E-state index contributed by atoms with van der Waals surface area (Å²) in [5, 5.41) is 4.06. The summed E-state index contributed by atoms with van der Waals surface area (Å²) in [6, 6.07) is 22.4. The van der Waals surface area contributed by atoms with Gasteiger partial charge in [0.2, 0.25) is 0 Å². The van der Waals surface area contributed by atoms with Gasteiger partial charge in [0.05, 0.1) is 22.8 Å².